The van der Waals surface area contributed by atoms with Gasteiger partial charge in [0.05, 0.1) is 5.69 Å². The van der Waals surface area contributed by atoms with Gasteiger partial charge in [0.2, 0.25) is 0 Å². The Bertz CT molecular complexity index is 615. The first-order valence-electron chi connectivity index (χ1n) is 7.13. The Morgan fingerprint density at radius 3 is 2.32 bits per heavy atom. The van der Waals surface area contributed by atoms with Crippen molar-refractivity contribution in [3.63, 3.8) is 0 Å². The van der Waals surface area contributed by atoms with Crippen molar-refractivity contribution in [1.82, 2.24) is 0 Å². The first-order chi connectivity index (χ1) is 10.8. The summed E-state index contributed by atoms with van der Waals surface area (Å²) in [6.45, 7) is 0. The van der Waals surface area contributed by atoms with Gasteiger partial charge in [0.1, 0.15) is 5.75 Å². The summed E-state index contributed by atoms with van der Waals surface area (Å²) >= 11 is -0.556. The summed E-state index contributed by atoms with van der Waals surface area (Å²) < 4.78 is 0. The summed E-state index contributed by atoms with van der Waals surface area (Å²) in [6, 6.07) is 15.7. The van der Waals surface area contributed by atoms with E-state index in [0.29, 0.717) is 11.7 Å². The molecule has 1 aliphatic carbocycles. The topological polar surface area (TPSA) is 32.6 Å². The number of nitrogens with zero attached hydrogens (tertiary/aromatic N) is 1. The Labute approximate surface area is 147 Å². The quantitative estimate of drug-likeness (QED) is 0.539. The number of halogens is 2. The molecule has 0 radical (unpaired) electrons. The van der Waals surface area contributed by atoms with Crippen LogP contribution in [0.4, 0.5) is 5.69 Å². The number of para-hydroxylation sites is 2. The van der Waals surface area contributed by atoms with E-state index in [9.17, 15) is 5.11 Å². The van der Waals surface area contributed by atoms with E-state index in [4.69, 9.17) is 18.6 Å². The fraction of sp³-hybridized carbons (Fsp3) is 0.235. The molecule has 1 fully saturated rings. The Hall–Kier alpha value is -0.796. The van der Waals surface area contributed by atoms with Gasteiger partial charge in [-0.15, -0.1) is 0 Å². The second-order valence-corrected chi connectivity index (χ2v) is 7.66. The van der Waals surface area contributed by atoms with Gasteiger partial charge in [0.25, 0.3) is 0 Å². The number of phenols is 1. The van der Waals surface area contributed by atoms with Gasteiger partial charge in [-0.1, -0.05) is 36.8 Å². The fourth-order valence-electron chi connectivity index (χ4n) is 2.39. The molecule has 1 N–H and O–H groups in total. The van der Waals surface area contributed by atoms with E-state index in [1.165, 1.54) is 19.3 Å². The van der Waals surface area contributed by atoms with Gasteiger partial charge in [0, 0.05) is 11.8 Å². The maximum atomic E-state index is 10.3. The summed E-state index contributed by atoms with van der Waals surface area (Å²) in [5.41, 5.74) is 2.77. The van der Waals surface area contributed by atoms with Crippen LogP contribution in [-0.4, -0.2) is 11.3 Å². The molecular weight excluding hydrogens is 353 g/mol. The minimum atomic E-state index is -0.556. The number of hydrogen-bond donors (Lipinski definition) is 1. The predicted octanol–water partition coefficient (Wildman–Crippen LogP) is 5.79. The van der Waals surface area contributed by atoms with Gasteiger partial charge in [-0.05, 0) is 42.5 Å². The summed E-state index contributed by atoms with van der Waals surface area (Å²) in [6.07, 6.45) is 5.39. The molecule has 1 saturated carbocycles. The van der Waals surface area contributed by atoms with Gasteiger partial charge in [0.15, 0.2) is 0 Å². The van der Waals surface area contributed by atoms with Crippen molar-refractivity contribution in [2.75, 3.05) is 0 Å². The normalized spacial score (nSPS) is 14.1. The molecule has 0 saturated heterocycles. The molecule has 0 aromatic heterocycles. The first kappa shape index (κ1) is 17.6. The van der Waals surface area contributed by atoms with Gasteiger partial charge in [-0.25, -0.2) is 0 Å². The average molecular weight is 370 g/mol. The number of benzene rings is 2. The van der Waals surface area contributed by atoms with Gasteiger partial charge in [-0.2, -0.15) is 0 Å². The number of aromatic hydroxyl groups is 1. The summed E-state index contributed by atoms with van der Waals surface area (Å²) in [4.78, 5) is 4.40. The van der Waals surface area contributed by atoms with Crippen LogP contribution in [-0.2, 0) is 17.0 Å². The summed E-state index contributed by atoms with van der Waals surface area (Å²) in [5.74, 6) is 0.928. The van der Waals surface area contributed by atoms with E-state index in [1.54, 1.807) is 6.21 Å². The molecule has 3 rings (SSSR count). The predicted molar refractivity (Wildman–Crippen MR) is 90.1 cm³/mol. The molecule has 0 unspecified atom stereocenters. The van der Waals surface area contributed by atoms with Crippen molar-refractivity contribution >= 4 is 30.5 Å². The van der Waals surface area contributed by atoms with Crippen LogP contribution in [0.2, 0.25) is 0 Å². The van der Waals surface area contributed by atoms with E-state index < -0.39 is 17.0 Å². The number of aliphatic imine (C=N–C) groups is 1. The molecule has 5 heteroatoms. The molecule has 0 bridgehead atoms. The number of rotatable bonds is 3. The van der Waals surface area contributed by atoms with Crippen molar-refractivity contribution in [2.45, 2.75) is 25.2 Å². The molecule has 2 aromatic carbocycles. The van der Waals surface area contributed by atoms with Crippen LogP contribution in [0.1, 0.15) is 36.3 Å². The van der Waals surface area contributed by atoms with Crippen molar-refractivity contribution in [3.8, 4) is 5.75 Å². The van der Waals surface area contributed by atoms with Gasteiger partial charge < -0.3 is 5.11 Å². The standard InChI is InChI=1S/C17H17NO.2ClH.Ti/c19-17-14(12-18-15-9-2-1-3-10-15)8-5-11-16(17)13-6-4-7-13;;;/h1-3,5,8-13,19H,4,6-7H2;2*1H;/q;;;+2/p-2. The first-order valence-corrected chi connectivity index (χ1v) is 11.4. The van der Waals surface area contributed by atoms with Crippen LogP contribution in [0, 0.1) is 0 Å². The zero-order valence-corrected chi connectivity index (χ0v) is 15.1. The molecule has 0 aliphatic heterocycles. The second-order valence-electron chi connectivity index (χ2n) is 5.08. The maximum absolute atomic E-state index is 10.3. The Balaban J connectivity index is 0.000000545. The third-order valence-corrected chi connectivity index (χ3v) is 3.75. The molecule has 0 spiro atoms. The molecule has 22 heavy (non-hydrogen) atoms. The second kappa shape index (κ2) is 9.37. The molecule has 2 aromatic rings. The molecular formula is C17H17Cl2NOTi. The average Bonchev–Trinajstić information content (AvgIpc) is 2.48. The molecule has 0 atom stereocenters. The Kier molecular flexibility index (Phi) is 7.48. The molecule has 0 amide bonds. The molecule has 0 heterocycles. The van der Waals surface area contributed by atoms with E-state index in [-0.39, 0.29) is 0 Å². The van der Waals surface area contributed by atoms with Crippen molar-refractivity contribution in [2.24, 2.45) is 4.99 Å². The SMILES string of the molecule is Oc1c(C=Nc2ccccc2)cccc1C1CCC1.[Cl][Ti][Cl]. The Morgan fingerprint density at radius 1 is 1.05 bits per heavy atom. The van der Waals surface area contributed by atoms with Crippen LogP contribution in [0.5, 0.6) is 5.75 Å². The zero-order valence-electron chi connectivity index (χ0n) is 12.0. The molecule has 114 valence electrons. The zero-order chi connectivity index (χ0) is 15.8. The van der Waals surface area contributed by atoms with Crippen LogP contribution in [0.15, 0.2) is 53.5 Å². The van der Waals surface area contributed by atoms with Crippen molar-refractivity contribution < 1.29 is 22.1 Å². The number of phenolic OH excluding ortho intramolecular Hbond substituents is 1. The van der Waals surface area contributed by atoms with E-state index in [2.05, 4.69) is 4.99 Å². The van der Waals surface area contributed by atoms with Crippen LogP contribution < -0.4 is 0 Å². The van der Waals surface area contributed by atoms with Gasteiger partial charge >= 0.3 is 35.6 Å². The Morgan fingerprint density at radius 2 is 1.73 bits per heavy atom. The van der Waals surface area contributed by atoms with Crippen LogP contribution in [0.25, 0.3) is 0 Å². The van der Waals surface area contributed by atoms with Crippen molar-refractivity contribution in [3.05, 3.63) is 59.7 Å². The summed E-state index contributed by atoms with van der Waals surface area (Å²) in [7, 11) is 9.78. The number of hydrogen-bond acceptors (Lipinski definition) is 2. The third kappa shape index (κ3) is 4.86. The summed E-state index contributed by atoms with van der Waals surface area (Å²) in [5, 5.41) is 10.3. The minimum absolute atomic E-state index is 0.395. The van der Waals surface area contributed by atoms with Crippen LogP contribution in [0.3, 0.4) is 0 Å². The van der Waals surface area contributed by atoms with E-state index in [1.807, 2.05) is 48.5 Å². The molecule has 2 nitrogen and oxygen atoms in total. The van der Waals surface area contributed by atoms with Crippen LogP contribution >= 0.6 is 18.6 Å². The van der Waals surface area contributed by atoms with E-state index >= 15 is 0 Å². The molecule has 1 aliphatic rings. The van der Waals surface area contributed by atoms with Crippen molar-refractivity contribution in [1.29, 1.82) is 0 Å². The third-order valence-electron chi connectivity index (χ3n) is 3.75. The monoisotopic (exact) mass is 369 g/mol. The fourth-order valence-corrected chi connectivity index (χ4v) is 2.39. The van der Waals surface area contributed by atoms with E-state index in [0.717, 1.165) is 16.8 Å². The van der Waals surface area contributed by atoms with Gasteiger partial charge in [-0.3, -0.25) is 4.99 Å².